The number of anilines is 1. The van der Waals surface area contributed by atoms with Crippen LogP contribution in [0.4, 0.5) is 10.1 Å². The standard InChI is InChI=1S/C14H20FN2O/c1-11(2)10-16-5-7-17(8-6-16)14-4-3-12(18)9-13(14)15/h3-4,9,18H,5-8,10H2,1-2H3. The first kappa shape index (κ1) is 13.1. The lowest BCUT2D eigenvalue weighted by atomic mass is 10.1. The maximum Gasteiger partial charge on any atom is 0.150 e. The van der Waals surface area contributed by atoms with Crippen LogP contribution >= 0.6 is 0 Å². The van der Waals surface area contributed by atoms with Gasteiger partial charge in [0.05, 0.1) is 5.69 Å². The van der Waals surface area contributed by atoms with Crippen molar-refractivity contribution in [1.29, 1.82) is 0 Å². The minimum Gasteiger partial charge on any atom is -0.508 e. The summed E-state index contributed by atoms with van der Waals surface area (Å²) in [4.78, 5) is 4.42. The predicted molar refractivity (Wildman–Crippen MR) is 71.3 cm³/mol. The van der Waals surface area contributed by atoms with Crippen molar-refractivity contribution in [3.63, 3.8) is 0 Å². The van der Waals surface area contributed by atoms with Crippen LogP contribution in [0.15, 0.2) is 18.2 Å². The molecule has 0 saturated carbocycles. The van der Waals surface area contributed by atoms with Gasteiger partial charge in [0.15, 0.2) is 0 Å². The smallest absolute Gasteiger partial charge is 0.150 e. The molecule has 0 unspecified atom stereocenters. The van der Waals surface area contributed by atoms with E-state index in [2.05, 4.69) is 18.7 Å². The molecule has 0 spiro atoms. The van der Waals surface area contributed by atoms with Gasteiger partial charge in [-0.3, -0.25) is 4.90 Å². The van der Waals surface area contributed by atoms with E-state index in [1.54, 1.807) is 6.07 Å². The second-order valence-corrected chi connectivity index (χ2v) is 5.11. The molecule has 1 aliphatic heterocycles. The molecule has 3 nitrogen and oxygen atoms in total. The van der Waals surface area contributed by atoms with Gasteiger partial charge in [0.1, 0.15) is 11.6 Å². The van der Waals surface area contributed by atoms with Crippen molar-refractivity contribution < 1.29 is 9.50 Å². The van der Waals surface area contributed by atoms with E-state index in [-0.39, 0.29) is 11.6 Å². The van der Waals surface area contributed by atoms with Crippen molar-refractivity contribution in [3.8, 4) is 5.75 Å². The summed E-state index contributed by atoms with van der Waals surface area (Å²) in [7, 11) is 0. The number of aromatic hydroxyl groups is 1. The zero-order chi connectivity index (χ0) is 13.1. The van der Waals surface area contributed by atoms with Gasteiger partial charge < -0.3 is 10.0 Å². The molecule has 0 bridgehead atoms. The van der Waals surface area contributed by atoms with Crippen molar-refractivity contribution in [1.82, 2.24) is 4.90 Å². The molecule has 0 amide bonds. The molecule has 1 aromatic rings. The number of phenolic OH excluding ortho intramolecular Hbond substituents is 1. The molecule has 2 rings (SSSR count). The van der Waals surface area contributed by atoms with Crippen molar-refractivity contribution >= 4 is 5.69 Å². The topological polar surface area (TPSA) is 26.7 Å². The zero-order valence-electron chi connectivity index (χ0n) is 11.0. The third-order valence-electron chi connectivity index (χ3n) is 3.18. The molecular formula is C14H20FN2O. The summed E-state index contributed by atoms with van der Waals surface area (Å²) in [6.45, 7) is 8.84. The molecule has 1 heterocycles. The lowest BCUT2D eigenvalue weighted by molar-refractivity contribution is 0.266. The Morgan fingerprint density at radius 2 is 1.89 bits per heavy atom. The number of piperazine rings is 1. The average Bonchev–Trinajstić information content (AvgIpc) is 2.30. The highest BCUT2D eigenvalue weighted by Gasteiger charge is 2.19. The van der Waals surface area contributed by atoms with Gasteiger partial charge in [0.2, 0.25) is 0 Å². The molecule has 1 aromatic carbocycles. The van der Waals surface area contributed by atoms with Crippen LogP contribution in [0.3, 0.4) is 0 Å². The summed E-state index contributed by atoms with van der Waals surface area (Å²) in [6, 6.07) is 4.36. The van der Waals surface area contributed by atoms with Crippen LogP contribution in [0.5, 0.6) is 5.75 Å². The molecule has 1 saturated heterocycles. The van der Waals surface area contributed by atoms with Crippen LogP contribution in [0.1, 0.15) is 13.8 Å². The Bertz CT molecular complexity index is 401. The maximum atomic E-state index is 13.7. The number of benzene rings is 1. The first-order valence-corrected chi connectivity index (χ1v) is 6.31. The molecule has 99 valence electrons. The highest BCUT2D eigenvalue weighted by Crippen LogP contribution is 2.24. The lowest BCUT2D eigenvalue weighted by Crippen LogP contribution is -2.47. The van der Waals surface area contributed by atoms with Crippen LogP contribution in [0, 0.1) is 11.7 Å². The van der Waals surface area contributed by atoms with Gasteiger partial charge >= 0.3 is 0 Å². The van der Waals surface area contributed by atoms with Gasteiger partial charge in [0.25, 0.3) is 0 Å². The van der Waals surface area contributed by atoms with Crippen LogP contribution in [0.2, 0.25) is 0 Å². The number of halogens is 1. The second-order valence-electron chi connectivity index (χ2n) is 5.11. The van der Waals surface area contributed by atoms with Gasteiger partial charge in [-0.2, -0.15) is 0 Å². The third kappa shape index (κ3) is 3.13. The van der Waals surface area contributed by atoms with Crippen molar-refractivity contribution in [2.24, 2.45) is 0 Å². The Kier molecular flexibility index (Phi) is 4.07. The largest absolute Gasteiger partial charge is 0.508 e. The Hall–Kier alpha value is -1.29. The number of rotatable bonds is 3. The van der Waals surface area contributed by atoms with Crippen LogP contribution < -0.4 is 4.90 Å². The summed E-state index contributed by atoms with van der Waals surface area (Å²) in [5.41, 5.74) is 0.588. The molecule has 1 aliphatic rings. The summed E-state index contributed by atoms with van der Waals surface area (Å²) in [5, 5.41) is 9.21. The van der Waals surface area contributed by atoms with Crippen LogP contribution in [-0.2, 0) is 0 Å². The summed E-state index contributed by atoms with van der Waals surface area (Å²) in [5.74, 6) is 1.03. The van der Waals surface area contributed by atoms with Gasteiger partial charge in [-0.05, 0) is 18.1 Å². The van der Waals surface area contributed by atoms with Gasteiger partial charge in [0, 0.05) is 38.8 Å². The Morgan fingerprint density at radius 1 is 1.22 bits per heavy atom. The third-order valence-corrected chi connectivity index (χ3v) is 3.18. The molecular weight excluding hydrogens is 231 g/mol. The molecule has 1 radical (unpaired) electrons. The zero-order valence-corrected chi connectivity index (χ0v) is 11.0. The van der Waals surface area contributed by atoms with E-state index in [0.717, 1.165) is 32.7 Å². The monoisotopic (exact) mass is 251 g/mol. The Balaban J connectivity index is 1.97. The molecule has 0 aromatic heterocycles. The molecule has 0 atom stereocenters. The number of phenols is 1. The molecule has 4 heteroatoms. The van der Waals surface area contributed by atoms with E-state index in [4.69, 9.17) is 0 Å². The van der Waals surface area contributed by atoms with Crippen molar-refractivity contribution in [2.75, 3.05) is 37.6 Å². The van der Waals surface area contributed by atoms with Gasteiger partial charge in [-0.1, -0.05) is 13.8 Å². The highest BCUT2D eigenvalue weighted by atomic mass is 19.1. The fraction of sp³-hybridized carbons (Fsp3) is 0.500. The predicted octanol–water partition coefficient (Wildman–Crippen LogP) is 2.27. The van der Waals surface area contributed by atoms with Crippen LogP contribution in [0.25, 0.3) is 0 Å². The van der Waals surface area contributed by atoms with Gasteiger partial charge in [-0.15, -0.1) is 0 Å². The number of hydrogen-bond acceptors (Lipinski definition) is 3. The fourth-order valence-electron chi connectivity index (χ4n) is 2.35. The van der Waals surface area contributed by atoms with Crippen molar-refractivity contribution in [3.05, 3.63) is 29.9 Å². The summed E-state index contributed by atoms with van der Waals surface area (Å²) < 4.78 is 13.7. The fourth-order valence-corrected chi connectivity index (χ4v) is 2.35. The van der Waals surface area contributed by atoms with E-state index in [0.29, 0.717) is 5.69 Å². The normalized spacial score (nSPS) is 17.4. The van der Waals surface area contributed by atoms with E-state index in [1.165, 1.54) is 18.1 Å². The average molecular weight is 251 g/mol. The van der Waals surface area contributed by atoms with E-state index >= 15 is 0 Å². The Morgan fingerprint density at radius 3 is 2.44 bits per heavy atom. The maximum absolute atomic E-state index is 13.7. The highest BCUT2D eigenvalue weighted by molar-refractivity contribution is 5.50. The minimum atomic E-state index is -0.346. The SMILES string of the molecule is C[C](C)CN1CCN(c2ccc(O)cc2F)CC1. The first-order chi connectivity index (χ1) is 8.56. The van der Waals surface area contributed by atoms with E-state index < -0.39 is 0 Å². The molecule has 0 aliphatic carbocycles. The molecule has 18 heavy (non-hydrogen) atoms. The number of hydrogen-bond donors (Lipinski definition) is 1. The minimum absolute atomic E-state index is 0.0221. The van der Waals surface area contributed by atoms with E-state index in [9.17, 15) is 9.50 Å². The summed E-state index contributed by atoms with van der Waals surface area (Å²) >= 11 is 0. The van der Waals surface area contributed by atoms with Gasteiger partial charge in [-0.25, -0.2) is 4.39 Å². The molecule has 1 fully saturated rings. The quantitative estimate of drug-likeness (QED) is 0.892. The Labute approximate surface area is 108 Å². The summed E-state index contributed by atoms with van der Waals surface area (Å²) in [6.07, 6.45) is 0. The first-order valence-electron chi connectivity index (χ1n) is 6.31. The van der Waals surface area contributed by atoms with E-state index in [1.807, 2.05) is 4.90 Å². The lowest BCUT2D eigenvalue weighted by Gasteiger charge is -2.36. The van der Waals surface area contributed by atoms with Crippen LogP contribution in [-0.4, -0.2) is 42.7 Å². The van der Waals surface area contributed by atoms with Crippen molar-refractivity contribution in [2.45, 2.75) is 13.8 Å². The number of nitrogens with zero attached hydrogens (tertiary/aromatic N) is 2. The second kappa shape index (κ2) is 5.57. The molecule has 1 N–H and O–H groups in total.